The summed E-state index contributed by atoms with van der Waals surface area (Å²) in [5.74, 6) is 3.08. The second kappa shape index (κ2) is 4.34. The maximum atomic E-state index is 5.94. The zero-order valence-electron chi connectivity index (χ0n) is 12.1. The van der Waals surface area contributed by atoms with Crippen LogP contribution in [-0.4, -0.2) is 47.1 Å². The quantitative estimate of drug-likeness (QED) is 0.873. The number of hydrogen-bond acceptors (Lipinski definition) is 5. The molecule has 1 aliphatic heterocycles. The van der Waals surface area contributed by atoms with Crippen LogP contribution in [0, 0.1) is 0 Å². The fourth-order valence-electron chi connectivity index (χ4n) is 2.59. The predicted molar refractivity (Wildman–Crippen MR) is 77.3 cm³/mol. The number of nitrogens with two attached hydrogens (primary N) is 1. The molecular formula is C14H23N5. The van der Waals surface area contributed by atoms with Crippen molar-refractivity contribution in [1.29, 1.82) is 0 Å². The second-order valence-electron chi connectivity index (χ2n) is 6.44. The minimum atomic E-state index is 0.164. The first-order chi connectivity index (χ1) is 8.95. The van der Waals surface area contributed by atoms with Gasteiger partial charge in [0.15, 0.2) is 0 Å². The van der Waals surface area contributed by atoms with Gasteiger partial charge in [-0.3, -0.25) is 4.90 Å². The van der Waals surface area contributed by atoms with Crippen LogP contribution >= 0.6 is 0 Å². The Balaban J connectivity index is 1.85. The van der Waals surface area contributed by atoms with Gasteiger partial charge in [0, 0.05) is 37.2 Å². The number of nitrogen functional groups attached to an aromatic ring is 1. The molecule has 0 amide bonds. The van der Waals surface area contributed by atoms with E-state index in [1.54, 1.807) is 0 Å². The fourth-order valence-corrected chi connectivity index (χ4v) is 2.59. The molecular weight excluding hydrogens is 238 g/mol. The number of hydrogen-bond donors (Lipinski definition) is 1. The third-order valence-electron chi connectivity index (χ3n) is 4.33. The number of piperazine rings is 1. The summed E-state index contributed by atoms with van der Waals surface area (Å²) in [6.45, 7) is 7.57. The molecule has 0 unspecified atom stereocenters. The number of anilines is 2. The standard InChI is InChI=1S/C14H23N5/c1-14(2)9-19(7-6-18(14)3)12-8-11(15)16-13(17-12)10-4-5-10/h8,10H,4-7,9H2,1-3H3,(H2,15,16,17). The SMILES string of the molecule is CN1CCN(c2cc(N)nc(C3CC3)n2)CC1(C)C. The van der Waals surface area contributed by atoms with E-state index in [0.29, 0.717) is 11.7 Å². The van der Waals surface area contributed by atoms with Crippen LogP contribution in [0.4, 0.5) is 11.6 Å². The Labute approximate surface area is 114 Å². The minimum Gasteiger partial charge on any atom is -0.384 e. The van der Waals surface area contributed by atoms with E-state index in [9.17, 15) is 0 Å². The molecule has 2 aliphatic rings. The van der Waals surface area contributed by atoms with Gasteiger partial charge < -0.3 is 10.6 Å². The van der Waals surface area contributed by atoms with E-state index in [-0.39, 0.29) is 5.54 Å². The Morgan fingerprint density at radius 3 is 2.63 bits per heavy atom. The van der Waals surface area contributed by atoms with Crippen molar-refractivity contribution in [3.8, 4) is 0 Å². The van der Waals surface area contributed by atoms with Crippen molar-refractivity contribution < 1.29 is 0 Å². The van der Waals surface area contributed by atoms with Crippen LogP contribution in [0.2, 0.25) is 0 Å². The zero-order chi connectivity index (χ0) is 13.6. The van der Waals surface area contributed by atoms with Gasteiger partial charge in [-0.1, -0.05) is 0 Å². The first kappa shape index (κ1) is 12.7. The van der Waals surface area contributed by atoms with E-state index in [2.05, 4.69) is 35.7 Å². The van der Waals surface area contributed by atoms with Gasteiger partial charge in [0.25, 0.3) is 0 Å². The van der Waals surface area contributed by atoms with E-state index in [0.717, 1.165) is 31.3 Å². The Kier molecular flexibility index (Phi) is 2.89. The van der Waals surface area contributed by atoms with Gasteiger partial charge in [-0.15, -0.1) is 0 Å². The van der Waals surface area contributed by atoms with Gasteiger partial charge in [0.05, 0.1) is 0 Å². The predicted octanol–water partition coefficient (Wildman–Crippen LogP) is 1.47. The van der Waals surface area contributed by atoms with Crippen molar-refractivity contribution in [1.82, 2.24) is 14.9 Å². The number of likely N-dealkylation sites (N-methyl/N-ethyl adjacent to an activating group) is 1. The normalized spacial score (nSPS) is 23.6. The Morgan fingerprint density at radius 2 is 2.00 bits per heavy atom. The zero-order valence-corrected chi connectivity index (χ0v) is 12.1. The lowest BCUT2D eigenvalue weighted by Gasteiger charge is -2.45. The van der Waals surface area contributed by atoms with Crippen molar-refractivity contribution in [2.24, 2.45) is 0 Å². The Hall–Kier alpha value is -1.36. The van der Waals surface area contributed by atoms with Gasteiger partial charge >= 0.3 is 0 Å². The molecule has 3 rings (SSSR count). The number of rotatable bonds is 2. The van der Waals surface area contributed by atoms with E-state index >= 15 is 0 Å². The van der Waals surface area contributed by atoms with Crippen molar-refractivity contribution in [2.45, 2.75) is 38.1 Å². The summed E-state index contributed by atoms with van der Waals surface area (Å²) in [6, 6.07) is 1.91. The molecule has 1 saturated carbocycles. The molecule has 1 aromatic rings. The van der Waals surface area contributed by atoms with Gasteiger partial charge in [-0.05, 0) is 33.7 Å². The van der Waals surface area contributed by atoms with Crippen LogP contribution in [0.3, 0.4) is 0 Å². The lowest BCUT2D eigenvalue weighted by molar-refractivity contribution is 0.138. The molecule has 5 heteroatoms. The molecule has 2 fully saturated rings. The summed E-state index contributed by atoms with van der Waals surface area (Å²) >= 11 is 0. The maximum Gasteiger partial charge on any atom is 0.136 e. The van der Waals surface area contributed by atoms with Crippen LogP contribution in [0.1, 0.15) is 38.4 Å². The van der Waals surface area contributed by atoms with Crippen LogP contribution in [0.25, 0.3) is 0 Å². The summed E-state index contributed by atoms with van der Waals surface area (Å²) in [4.78, 5) is 13.8. The summed E-state index contributed by atoms with van der Waals surface area (Å²) in [5, 5.41) is 0. The highest BCUT2D eigenvalue weighted by Crippen LogP contribution is 2.39. The lowest BCUT2D eigenvalue weighted by atomic mass is 10.00. The third kappa shape index (κ3) is 2.52. The number of aromatic nitrogens is 2. The fraction of sp³-hybridized carbons (Fsp3) is 0.714. The lowest BCUT2D eigenvalue weighted by Crippen LogP contribution is -2.57. The molecule has 104 valence electrons. The topological polar surface area (TPSA) is 58.3 Å². The highest BCUT2D eigenvalue weighted by Gasteiger charge is 2.33. The van der Waals surface area contributed by atoms with Crippen molar-refractivity contribution in [2.75, 3.05) is 37.3 Å². The van der Waals surface area contributed by atoms with Crippen LogP contribution in [0.5, 0.6) is 0 Å². The van der Waals surface area contributed by atoms with Crippen molar-refractivity contribution >= 4 is 11.6 Å². The summed E-state index contributed by atoms with van der Waals surface area (Å²) in [5.41, 5.74) is 6.10. The van der Waals surface area contributed by atoms with Gasteiger partial charge in [0.1, 0.15) is 17.5 Å². The molecule has 2 heterocycles. The van der Waals surface area contributed by atoms with E-state index in [1.807, 2.05) is 6.07 Å². The van der Waals surface area contributed by atoms with Crippen molar-refractivity contribution in [3.05, 3.63) is 11.9 Å². The Bertz CT molecular complexity index is 481. The van der Waals surface area contributed by atoms with E-state index < -0.39 is 0 Å². The molecule has 1 saturated heterocycles. The van der Waals surface area contributed by atoms with Crippen LogP contribution < -0.4 is 10.6 Å². The molecule has 0 atom stereocenters. The molecule has 1 aromatic heterocycles. The average Bonchev–Trinajstić information content (AvgIpc) is 3.16. The summed E-state index contributed by atoms with van der Waals surface area (Å²) in [6.07, 6.45) is 2.41. The molecule has 19 heavy (non-hydrogen) atoms. The molecule has 0 radical (unpaired) electrons. The Morgan fingerprint density at radius 1 is 1.26 bits per heavy atom. The van der Waals surface area contributed by atoms with E-state index in [1.165, 1.54) is 12.8 Å². The molecule has 1 aliphatic carbocycles. The largest absolute Gasteiger partial charge is 0.384 e. The molecule has 0 spiro atoms. The van der Waals surface area contributed by atoms with E-state index in [4.69, 9.17) is 10.7 Å². The summed E-state index contributed by atoms with van der Waals surface area (Å²) in [7, 11) is 2.18. The third-order valence-corrected chi connectivity index (χ3v) is 4.33. The van der Waals surface area contributed by atoms with Crippen LogP contribution in [-0.2, 0) is 0 Å². The smallest absolute Gasteiger partial charge is 0.136 e. The molecule has 5 nitrogen and oxygen atoms in total. The molecule has 2 N–H and O–H groups in total. The molecule has 0 bridgehead atoms. The van der Waals surface area contributed by atoms with Gasteiger partial charge in [-0.2, -0.15) is 0 Å². The first-order valence-electron chi connectivity index (χ1n) is 7.06. The van der Waals surface area contributed by atoms with Crippen molar-refractivity contribution in [3.63, 3.8) is 0 Å². The van der Waals surface area contributed by atoms with Crippen LogP contribution in [0.15, 0.2) is 6.07 Å². The van der Waals surface area contributed by atoms with Gasteiger partial charge in [-0.25, -0.2) is 9.97 Å². The molecule has 0 aromatic carbocycles. The maximum absolute atomic E-state index is 5.94. The first-order valence-corrected chi connectivity index (χ1v) is 7.06. The second-order valence-corrected chi connectivity index (χ2v) is 6.44. The number of nitrogens with zero attached hydrogens (tertiary/aromatic N) is 4. The highest BCUT2D eigenvalue weighted by atomic mass is 15.3. The monoisotopic (exact) mass is 261 g/mol. The highest BCUT2D eigenvalue weighted by molar-refractivity contribution is 5.48. The minimum absolute atomic E-state index is 0.164. The van der Waals surface area contributed by atoms with Gasteiger partial charge in [0.2, 0.25) is 0 Å². The summed E-state index contributed by atoms with van der Waals surface area (Å²) < 4.78 is 0. The average molecular weight is 261 g/mol.